The highest BCUT2D eigenvalue weighted by molar-refractivity contribution is 7.09. The zero-order valence-electron chi connectivity index (χ0n) is 10.1. The average molecular weight is 238 g/mol. The van der Waals surface area contributed by atoms with Crippen molar-refractivity contribution in [1.29, 1.82) is 0 Å². The van der Waals surface area contributed by atoms with Crippen molar-refractivity contribution < 1.29 is 0 Å². The molecule has 2 heterocycles. The molecule has 1 fully saturated rings. The van der Waals surface area contributed by atoms with Crippen molar-refractivity contribution in [3.8, 4) is 0 Å². The van der Waals surface area contributed by atoms with Crippen LogP contribution in [0.1, 0.15) is 24.1 Å². The molecule has 1 aliphatic rings. The maximum absolute atomic E-state index is 3.56. The second-order valence-electron chi connectivity index (χ2n) is 4.71. The molecule has 1 unspecified atom stereocenters. The quantitative estimate of drug-likeness (QED) is 0.818. The van der Waals surface area contributed by atoms with Crippen molar-refractivity contribution in [1.82, 2.24) is 10.2 Å². The normalized spacial score (nSPS) is 20.8. The molecule has 1 N–H and O–H groups in total. The minimum absolute atomic E-state index is 0.782. The Balaban J connectivity index is 1.58. The van der Waals surface area contributed by atoms with Crippen LogP contribution in [0.2, 0.25) is 0 Å². The van der Waals surface area contributed by atoms with Crippen LogP contribution >= 0.6 is 11.3 Å². The van der Waals surface area contributed by atoms with Crippen LogP contribution in [0.3, 0.4) is 0 Å². The summed E-state index contributed by atoms with van der Waals surface area (Å²) < 4.78 is 0. The molecule has 16 heavy (non-hydrogen) atoms. The minimum atomic E-state index is 0.782. The van der Waals surface area contributed by atoms with Crippen LogP contribution in [0.4, 0.5) is 0 Å². The maximum atomic E-state index is 3.56. The first-order valence-electron chi connectivity index (χ1n) is 6.29. The molecule has 1 aliphatic heterocycles. The highest BCUT2D eigenvalue weighted by Gasteiger charge is 2.13. The summed E-state index contributed by atoms with van der Waals surface area (Å²) in [5.74, 6) is 0. The molecule has 90 valence electrons. The van der Waals surface area contributed by atoms with E-state index in [0.717, 1.165) is 6.04 Å². The number of thiophene rings is 1. The summed E-state index contributed by atoms with van der Waals surface area (Å²) in [6, 6.07) is 5.16. The zero-order valence-corrected chi connectivity index (χ0v) is 10.9. The second kappa shape index (κ2) is 6.38. The Bertz CT molecular complexity index is 278. The summed E-state index contributed by atoms with van der Waals surface area (Å²) >= 11 is 1.87. The van der Waals surface area contributed by atoms with Crippen LogP contribution in [-0.2, 0) is 6.42 Å². The Labute approximate surface area is 103 Å². The smallest absolute Gasteiger partial charge is 0.00797 e. The van der Waals surface area contributed by atoms with E-state index < -0.39 is 0 Å². The van der Waals surface area contributed by atoms with Crippen molar-refractivity contribution >= 4 is 11.3 Å². The standard InChI is InChI=1S/C13H22N2S/c1-15(9-6-12-4-2-8-14-12)10-7-13-5-3-11-16-13/h3,5,11-12,14H,2,4,6-10H2,1H3. The maximum Gasteiger partial charge on any atom is 0.00797 e. The summed E-state index contributed by atoms with van der Waals surface area (Å²) in [4.78, 5) is 3.96. The molecule has 0 aliphatic carbocycles. The average Bonchev–Trinajstić information content (AvgIpc) is 2.96. The largest absolute Gasteiger partial charge is 0.314 e. The van der Waals surface area contributed by atoms with E-state index in [2.05, 4.69) is 34.8 Å². The predicted octanol–water partition coefficient (Wildman–Crippen LogP) is 2.36. The van der Waals surface area contributed by atoms with E-state index in [9.17, 15) is 0 Å². The molecule has 1 atom stereocenters. The molecule has 0 spiro atoms. The minimum Gasteiger partial charge on any atom is -0.314 e. The Morgan fingerprint density at radius 1 is 1.50 bits per heavy atom. The van der Waals surface area contributed by atoms with E-state index in [1.54, 1.807) is 0 Å². The lowest BCUT2D eigenvalue weighted by molar-refractivity contribution is 0.317. The summed E-state index contributed by atoms with van der Waals surface area (Å²) in [5, 5.41) is 5.72. The van der Waals surface area contributed by atoms with Gasteiger partial charge in [-0.3, -0.25) is 0 Å². The Morgan fingerprint density at radius 3 is 3.12 bits per heavy atom. The molecule has 1 aromatic rings. The summed E-state index contributed by atoms with van der Waals surface area (Å²) in [5.41, 5.74) is 0. The summed E-state index contributed by atoms with van der Waals surface area (Å²) in [7, 11) is 2.24. The van der Waals surface area contributed by atoms with Crippen LogP contribution in [-0.4, -0.2) is 37.6 Å². The highest BCUT2D eigenvalue weighted by Crippen LogP contribution is 2.11. The van der Waals surface area contributed by atoms with E-state index in [4.69, 9.17) is 0 Å². The van der Waals surface area contributed by atoms with Crippen molar-refractivity contribution in [2.45, 2.75) is 31.7 Å². The lowest BCUT2D eigenvalue weighted by Gasteiger charge is -2.18. The van der Waals surface area contributed by atoms with Gasteiger partial charge >= 0.3 is 0 Å². The van der Waals surface area contributed by atoms with Gasteiger partial charge in [0, 0.05) is 17.5 Å². The predicted molar refractivity (Wildman–Crippen MR) is 71.2 cm³/mol. The van der Waals surface area contributed by atoms with Gasteiger partial charge in [0.15, 0.2) is 0 Å². The topological polar surface area (TPSA) is 15.3 Å². The Morgan fingerprint density at radius 2 is 2.44 bits per heavy atom. The van der Waals surface area contributed by atoms with Crippen LogP contribution in [0, 0.1) is 0 Å². The zero-order chi connectivity index (χ0) is 11.2. The van der Waals surface area contributed by atoms with Gasteiger partial charge in [-0.05, 0) is 57.3 Å². The first-order chi connectivity index (χ1) is 7.84. The van der Waals surface area contributed by atoms with Crippen molar-refractivity contribution in [3.63, 3.8) is 0 Å². The first kappa shape index (κ1) is 12.1. The van der Waals surface area contributed by atoms with E-state index in [1.807, 2.05) is 11.3 Å². The molecule has 0 radical (unpaired) electrons. The Kier molecular flexibility index (Phi) is 4.82. The van der Waals surface area contributed by atoms with Crippen LogP contribution < -0.4 is 5.32 Å². The fourth-order valence-corrected chi connectivity index (χ4v) is 2.95. The summed E-state index contributed by atoms with van der Waals surface area (Å²) in [6.45, 7) is 3.64. The highest BCUT2D eigenvalue weighted by atomic mass is 32.1. The molecular weight excluding hydrogens is 216 g/mol. The summed E-state index contributed by atoms with van der Waals surface area (Å²) in [6.07, 6.45) is 5.25. The van der Waals surface area contributed by atoms with Gasteiger partial charge in [-0.15, -0.1) is 11.3 Å². The molecule has 1 saturated heterocycles. The number of likely N-dealkylation sites (N-methyl/N-ethyl adjacent to an activating group) is 1. The molecule has 3 heteroatoms. The van der Waals surface area contributed by atoms with Crippen LogP contribution in [0.5, 0.6) is 0 Å². The number of hydrogen-bond donors (Lipinski definition) is 1. The fourth-order valence-electron chi connectivity index (χ4n) is 2.25. The molecule has 0 aromatic carbocycles. The second-order valence-corrected chi connectivity index (χ2v) is 5.75. The molecule has 0 bridgehead atoms. The van der Waals surface area contributed by atoms with E-state index in [1.165, 1.54) is 50.2 Å². The van der Waals surface area contributed by atoms with E-state index >= 15 is 0 Å². The van der Waals surface area contributed by atoms with Gasteiger partial charge in [-0.25, -0.2) is 0 Å². The van der Waals surface area contributed by atoms with Crippen LogP contribution in [0.15, 0.2) is 17.5 Å². The molecule has 2 rings (SSSR count). The number of rotatable bonds is 6. The lowest BCUT2D eigenvalue weighted by atomic mass is 10.1. The first-order valence-corrected chi connectivity index (χ1v) is 7.17. The third-order valence-electron chi connectivity index (χ3n) is 3.34. The van der Waals surface area contributed by atoms with Gasteiger partial charge in [-0.2, -0.15) is 0 Å². The fraction of sp³-hybridized carbons (Fsp3) is 0.692. The molecule has 0 saturated carbocycles. The van der Waals surface area contributed by atoms with Crippen molar-refractivity contribution in [2.24, 2.45) is 0 Å². The molecule has 1 aromatic heterocycles. The van der Waals surface area contributed by atoms with E-state index in [0.29, 0.717) is 0 Å². The van der Waals surface area contributed by atoms with Gasteiger partial charge in [0.25, 0.3) is 0 Å². The van der Waals surface area contributed by atoms with E-state index in [-0.39, 0.29) is 0 Å². The van der Waals surface area contributed by atoms with Crippen molar-refractivity contribution in [3.05, 3.63) is 22.4 Å². The third-order valence-corrected chi connectivity index (χ3v) is 4.28. The number of hydrogen-bond acceptors (Lipinski definition) is 3. The molecule has 2 nitrogen and oxygen atoms in total. The Hall–Kier alpha value is -0.380. The van der Waals surface area contributed by atoms with Crippen LogP contribution in [0.25, 0.3) is 0 Å². The van der Waals surface area contributed by atoms with Gasteiger partial charge in [0.2, 0.25) is 0 Å². The number of nitrogens with one attached hydrogen (secondary N) is 1. The third kappa shape index (κ3) is 3.89. The molecule has 0 amide bonds. The molecular formula is C13H22N2S. The number of nitrogens with zero attached hydrogens (tertiary/aromatic N) is 1. The van der Waals surface area contributed by atoms with Gasteiger partial charge in [0.05, 0.1) is 0 Å². The van der Waals surface area contributed by atoms with Gasteiger partial charge in [0.1, 0.15) is 0 Å². The lowest BCUT2D eigenvalue weighted by Crippen LogP contribution is -2.29. The monoisotopic (exact) mass is 238 g/mol. The van der Waals surface area contributed by atoms with Gasteiger partial charge < -0.3 is 10.2 Å². The SMILES string of the molecule is CN(CCc1cccs1)CCC1CCCN1. The van der Waals surface area contributed by atoms with Gasteiger partial charge in [-0.1, -0.05) is 6.07 Å². The van der Waals surface area contributed by atoms with Crippen molar-refractivity contribution in [2.75, 3.05) is 26.7 Å².